The Balaban J connectivity index is 1.88. The summed E-state index contributed by atoms with van der Waals surface area (Å²) in [6.45, 7) is 0. The van der Waals surface area contributed by atoms with Crippen LogP contribution >= 0.6 is 0 Å². The molecule has 4 rings (SSSR count). The molecule has 1 fully saturated rings. The van der Waals surface area contributed by atoms with Crippen LogP contribution in [0, 0.1) is 0 Å². The Hall–Kier alpha value is -1.81. The number of esters is 1. The summed E-state index contributed by atoms with van der Waals surface area (Å²) in [6, 6.07) is 8.16. The van der Waals surface area contributed by atoms with Gasteiger partial charge in [0.2, 0.25) is 0 Å². The third-order valence-corrected chi connectivity index (χ3v) is 5.34. The zero-order valence-corrected chi connectivity index (χ0v) is 12.9. The number of methoxy groups -OCH3 is 1. The number of nitrogens with one attached hydrogen (secondary N) is 2. The number of hydrogen-bond acceptors (Lipinski definition) is 3. The Morgan fingerprint density at radius 3 is 2.77 bits per heavy atom. The summed E-state index contributed by atoms with van der Waals surface area (Å²) in [4.78, 5) is 15.8. The van der Waals surface area contributed by atoms with Gasteiger partial charge in [0, 0.05) is 23.0 Å². The van der Waals surface area contributed by atoms with E-state index in [-0.39, 0.29) is 17.6 Å². The van der Waals surface area contributed by atoms with E-state index < -0.39 is 0 Å². The Morgan fingerprint density at radius 2 is 2.00 bits per heavy atom. The first kappa shape index (κ1) is 13.8. The fourth-order valence-corrected chi connectivity index (χ4v) is 4.32. The third kappa shape index (κ3) is 1.97. The minimum Gasteiger partial charge on any atom is -0.468 e. The van der Waals surface area contributed by atoms with Crippen LogP contribution in [0.4, 0.5) is 0 Å². The summed E-state index contributed by atoms with van der Waals surface area (Å²) >= 11 is 0. The van der Waals surface area contributed by atoms with Gasteiger partial charge >= 0.3 is 5.97 Å². The van der Waals surface area contributed by atoms with Gasteiger partial charge in [-0.3, -0.25) is 10.1 Å². The molecular formula is C18H22N2O2. The van der Waals surface area contributed by atoms with Gasteiger partial charge in [0.25, 0.3) is 0 Å². The molecule has 1 aromatic heterocycles. The van der Waals surface area contributed by atoms with E-state index in [2.05, 4.69) is 34.6 Å². The molecular weight excluding hydrogens is 276 g/mol. The number of ether oxygens (including phenoxy) is 1. The van der Waals surface area contributed by atoms with Crippen LogP contribution in [0.5, 0.6) is 0 Å². The molecule has 0 amide bonds. The smallest absolute Gasteiger partial charge is 0.323 e. The summed E-state index contributed by atoms with van der Waals surface area (Å²) < 4.78 is 5.02. The number of aromatic amines is 1. The minimum absolute atomic E-state index is 0.0935. The number of aromatic nitrogens is 1. The molecule has 0 unspecified atom stereocenters. The molecule has 2 aromatic rings. The zero-order chi connectivity index (χ0) is 15.2. The minimum atomic E-state index is -0.241. The molecule has 0 bridgehead atoms. The molecule has 1 aromatic carbocycles. The van der Waals surface area contributed by atoms with E-state index in [0.29, 0.717) is 6.42 Å². The van der Waals surface area contributed by atoms with Gasteiger partial charge < -0.3 is 9.72 Å². The molecule has 1 aliphatic heterocycles. The molecule has 4 nitrogen and oxygen atoms in total. The van der Waals surface area contributed by atoms with E-state index in [1.807, 2.05) is 0 Å². The van der Waals surface area contributed by atoms with Crippen molar-refractivity contribution in [1.29, 1.82) is 0 Å². The Bertz CT molecular complexity index is 713. The first-order valence-corrected chi connectivity index (χ1v) is 8.19. The summed E-state index contributed by atoms with van der Waals surface area (Å²) in [5.41, 5.74) is 3.67. The molecule has 2 heterocycles. The maximum absolute atomic E-state index is 12.2. The van der Waals surface area contributed by atoms with Crippen molar-refractivity contribution in [3.63, 3.8) is 0 Å². The lowest BCUT2D eigenvalue weighted by molar-refractivity contribution is -0.144. The largest absolute Gasteiger partial charge is 0.468 e. The first-order chi connectivity index (χ1) is 10.7. The summed E-state index contributed by atoms with van der Waals surface area (Å²) in [5, 5.41) is 4.88. The highest BCUT2D eigenvalue weighted by molar-refractivity contribution is 5.87. The third-order valence-electron chi connectivity index (χ3n) is 5.34. The van der Waals surface area contributed by atoms with Crippen LogP contribution < -0.4 is 5.32 Å². The van der Waals surface area contributed by atoms with E-state index in [1.165, 1.54) is 48.5 Å². The lowest BCUT2D eigenvalue weighted by Crippen LogP contribution is -2.56. The maximum atomic E-state index is 12.2. The summed E-state index contributed by atoms with van der Waals surface area (Å²) in [5.74, 6) is -0.152. The number of benzene rings is 1. The number of carbonyl (C=O) groups is 1. The normalized spacial score (nSPS) is 23.4. The number of fused-ring (bicyclic) bond motifs is 4. The number of H-pyrrole nitrogens is 1. The lowest BCUT2D eigenvalue weighted by Gasteiger charge is -2.44. The molecule has 2 N–H and O–H groups in total. The van der Waals surface area contributed by atoms with Gasteiger partial charge in [-0.25, -0.2) is 0 Å². The van der Waals surface area contributed by atoms with E-state index in [4.69, 9.17) is 4.74 Å². The van der Waals surface area contributed by atoms with Crippen molar-refractivity contribution in [3.05, 3.63) is 35.5 Å². The Kier molecular flexibility index (Phi) is 3.22. The molecule has 1 aliphatic carbocycles. The van der Waals surface area contributed by atoms with Crippen molar-refractivity contribution in [3.8, 4) is 0 Å². The highest BCUT2D eigenvalue weighted by atomic mass is 16.5. The van der Waals surface area contributed by atoms with Gasteiger partial charge in [-0.05, 0) is 24.5 Å². The molecule has 0 radical (unpaired) electrons. The summed E-state index contributed by atoms with van der Waals surface area (Å²) in [7, 11) is 1.47. The van der Waals surface area contributed by atoms with Crippen LogP contribution in [0.25, 0.3) is 10.9 Å². The molecule has 22 heavy (non-hydrogen) atoms. The van der Waals surface area contributed by atoms with E-state index in [0.717, 1.165) is 12.8 Å². The second kappa shape index (κ2) is 5.13. The van der Waals surface area contributed by atoms with Gasteiger partial charge in [0.15, 0.2) is 0 Å². The highest BCUT2D eigenvalue weighted by Gasteiger charge is 2.44. The van der Waals surface area contributed by atoms with Gasteiger partial charge in [-0.1, -0.05) is 37.5 Å². The van der Waals surface area contributed by atoms with Crippen LogP contribution in [0.1, 0.15) is 43.4 Å². The first-order valence-electron chi connectivity index (χ1n) is 8.19. The molecule has 1 spiro atoms. The zero-order valence-electron chi connectivity index (χ0n) is 12.9. The predicted octanol–water partition coefficient (Wildman–Crippen LogP) is 3.01. The molecule has 2 aliphatic rings. The van der Waals surface area contributed by atoms with Crippen LogP contribution in [-0.4, -0.2) is 24.1 Å². The predicted molar refractivity (Wildman–Crippen MR) is 85.7 cm³/mol. The van der Waals surface area contributed by atoms with E-state index in [9.17, 15) is 4.79 Å². The number of para-hydroxylation sites is 1. The van der Waals surface area contributed by atoms with Crippen LogP contribution in [-0.2, 0) is 21.5 Å². The van der Waals surface area contributed by atoms with Crippen molar-refractivity contribution in [1.82, 2.24) is 10.3 Å². The van der Waals surface area contributed by atoms with Crippen molar-refractivity contribution in [2.24, 2.45) is 0 Å². The van der Waals surface area contributed by atoms with Crippen LogP contribution in [0.2, 0.25) is 0 Å². The quantitative estimate of drug-likeness (QED) is 0.796. The SMILES string of the molecule is COC(=O)[C@@H]1Cc2c([nH]c3ccccc23)C2(CCCCC2)N1. The van der Waals surface area contributed by atoms with E-state index >= 15 is 0 Å². The fourth-order valence-electron chi connectivity index (χ4n) is 4.32. The average molecular weight is 298 g/mol. The Morgan fingerprint density at radius 1 is 1.23 bits per heavy atom. The second-order valence-corrected chi connectivity index (χ2v) is 6.59. The van der Waals surface area contributed by atoms with Crippen molar-refractivity contribution < 1.29 is 9.53 Å². The van der Waals surface area contributed by atoms with E-state index in [1.54, 1.807) is 0 Å². The molecule has 1 atom stereocenters. The standard InChI is InChI=1S/C18H22N2O2/c1-22-17(21)15-11-13-12-7-3-4-8-14(12)19-16(13)18(20-15)9-5-2-6-10-18/h3-4,7-8,15,19-20H,2,5-6,9-11H2,1H3/t15-/m0/s1. The van der Waals surface area contributed by atoms with Gasteiger partial charge in [0.1, 0.15) is 6.04 Å². The van der Waals surface area contributed by atoms with Crippen molar-refractivity contribution in [2.45, 2.75) is 50.1 Å². The molecule has 1 saturated carbocycles. The van der Waals surface area contributed by atoms with Gasteiger partial charge in [-0.2, -0.15) is 0 Å². The number of hydrogen-bond donors (Lipinski definition) is 2. The second-order valence-electron chi connectivity index (χ2n) is 6.59. The van der Waals surface area contributed by atoms with Crippen molar-refractivity contribution in [2.75, 3.05) is 7.11 Å². The highest BCUT2D eigenvalue weighted by Crippen LogP contribution is 2.43. The average Bonchev–Trinajstić information content (AvgIpc) is 2.95. The topological polar surface area (TPSA) is 54.1 Å². The number of rotatable bonds is 1. The Labute approximate surface area is 130 Å². The maximum Gasteiger partial charge on any atom is 0.323 e. The van der Waals surface area contributed by atoms with Crippen LogP contribution in [0.15, 0.2) is 24.3 Å². The lowest BCUT2D eigenvalue weighted by atomic mass is 9.74. The van der Waals surface area contributed by atoms with Gasteiger partial charge in [-0.15, -0.1) is 0 Å². The fraction of sp³-hybridized carbons (Fsp3) is 0.500. The summed E-state index contributed by atoms with van der Waals surface area (Å²) in [6.07, 6.45) is 6.56. The monoisotopic (exact) mass is 298 g/mol. The van der Waals surface area contributed by atoms with Gasteiger partial charge in [0.05, 0.1) is 12.6 Å². The number of carbonyl (C=O) groups excluding carboxylic acids is 1. The van der Waals surface area contributed by atoms with Crippen LogP contribution in [0.3, 0.4) is 0 Å². The molecule has 0 saturated heterocycles. The van der Waals surface area contributed by atoms with Crippen molar-refractivity contribution >= 4 is 16.9 Å². The molecule has 116 valence electrons. The molecule has 4 heteroatoms.